The molecule has 0 heterocycles. The number of hydrogen-bond donors (Lipinski definition) is 0. The average molecular weight is 283 g/mol. The second-order valence-corrected chi connectivity index (χ2v) is 6.05. The monoisotopic (exact) mass is 282 g/mol. The van der Waals surface area contributed by atoms with Gasteiger partial charge in [0.25, 0.3) is 0 Å². The Hall–Kier alpha value is -0.0300. The fraction of sp³-hybridized carbons (Fsp3) is 0.909. The molecule has 0 unspecified atom stereocenters. The van der Waals surface area contributed by atoms with Crippen LogP contribution < -0.4 is 0 Å². The third-order valence-corrected chi connectivity index (χ3v) is 5.20. The van der Waals surface area contributed by atoms with Crippen LogP contribution in [0.15, 0.2) is 0 Å². The van der Waals surface area contributed by atoms with Crippen LogP contribution in [0.1, 0.15) is 26.2 Å². The van der Waals surface area contributed by atoms with E-state index in [4.69, 9.17) is 37.4 Å². The lowest BCUT2D eigenvalue weighted by Crippen LogP contribution is -2.56. The predicted molar refractivity (Wildman–Crippen MR) is 63.3 cm³/mol. The second kappa shape index (κ2) is 3.98. The molecular formula is C11H16Cl2O4. The zero-order valence-corrected chi connectivity index (χ0v) is 11.6. The third kappa shape index (κ3) is 1.47. The number of fused-ring (bicyclic) bond motifs is 2. The summed E-state index contributed by atoms with van der Waals surface area (Å²) in [6, 6.07) is 0. The Kier molecular flexibility index (Phi) is 3.14. The zero-order chi connectivity index (χ0) is 12.9. The lowest BCUT2D eigenvalue weighted by Gasteiger charge is -2.40. The molecule has 2 rings (SSSR count). The number of carbonyl (C=O) groups is 1. The van der Waals surface area contributed by atoms with Crippen molar-refractivity contribution in [1.29, 1.82) is 0 Å². The number of methoxy groups -OCH3 is 2. The smallest absolute Gasteiger partial charge is 0.302 e. The molecule has 17 heavy (non-hydrogen) atoms. The maximum absolute atomic E-state index is 11.1. The maximum Gasteiger partial charge on any atom is 0.302 e. The summed E-state index contributed by atoms with van der Waals surface area (Å²) in [5, 5.41) is 0. The molecule has 6 heteroatoms. The molecule has 98 valence electrons. The lowest BCUT2D eigenvalue weighted by molar-refractivity contribution is -0.225. The summed E-state index contributed by atoms with van der Waals surface area (Å²) in [6.07, 6.45) is 1.24. The molecule has 2 fully saturated rings. The van der Waals surface area contributed by atoms with Crippen LogP contribution in [0.25, 0.3) is 0 Å². The molecule has 0 spiro atoms. The van der Waals surface area contributed by atoms with Gasteiger partial charge in [0.1, 0.15) is 15.9 Å². The standard InChI is InChI=1S/C11H16Cl2O4/c1-7(14)17-8-6-9(12)4-5-10(8,13)11(9,15-2)16-3/h8H,4-6H2,1-3H3/t8-,9-,10-/m1/s1. The van der Waals surface area contributed by atoms with Crippen molar-refractivity contribution in [2.24, 2.45) is 0 Å². The van der Waals surface area contributed by atoms with E-state index in [2.05, 4.69) is 0 Å². The Morgan fingerprint density at radius 3 is 2.24 bits per heavy atom. The maximum atomic E-state index is 11.1. The minimum atomic E-state index is -1.11. The van der Waals surface area contributed by atoms with Gasteiger partial charge in [-0.05, 0) is 12.8 Å². The van der Waals surface area contributed by atoms with Gasteiger partial charge in [0, 0.05) is 27.6 Å². The van der Waals surface area contributed by atoms with Crippen LogP contribution in [0, 0.1) is 0 Å². The van der Waals surface area contributed by atoms with E-state index in [0.29, 0.717) is 19.3 Å². The summed E-state index contributed by atoms with van der Waals surface area (Å²) in [6.45, 7) is 1.36. The van der Waals surface area contributed by atoms with Crippen LogP contribution in [0.2, 0.25) is 0 Å². The van der Waals surface area contributed by atoms with E-state index >= 15 is 0 Å². The molecule has 2 saturated carbocycles. The number of halogens is 2. The largest absolute Gasteiger partial charge is 0.460 e. The summed E-state index contributed by atoms with van der Waals surface area (Å²) >= 11 is 13.2. The minimum absolute atomic E-state index is 0.371. The van der Waals surface area contributed by atoms with Crippen molar-refractivity contribution in [2.75, 3.05) is 14.2 Å². The van der Waals surface area contributed by atoms with Crippen molar-refractivity contribution < 1.29 is 19.0 Å². The Morgan fingerprint density at radius 1 is 1.24 bits per heavy atom. The minimum Gasteiger partial charge on any atom is -0.460 e. The summed E-state index contributed by atoms with van der Waals surface area (Å²) < 4.78 is 16.2. The summed E-state index contributed by atoms with van der Waals surface area (Å²) in [4.78, 5) is 9.45. The topological polar surface area (TPSA) is 44.8 Å². The third-order valence-electron chi connectivity index (χ3n) is 3.92. The van der Waals surface area contributed by atoms with E-state index in [1.807, 2.05) is 0 Å². The van der Waals surface area contributed by atoms with Crippen LogP contribution in [-0.4, -0.2) is 41.8 Å². The van der Waals surface area contributed by atoms with Crippen molar-refractivity contribution in [2.45, 2.75) is 47.8 Å². The van der Waals surface area contributed by atoms with Crippen LogP contribution in [0.3, 0.4) is 0 Å². The van der Waals surface area contributed by atoms with Gasteiger partial charge < -0.3 is 14.2 Å². The highest BCUT2D eigenvalue weighted by Gasteiger charge is 2.78. The Balaban J connectivity index is 2.40. The van der Waals surface area contributed by atoms with Crippen molar-refractivity contribution >= 4 is 29.2 Å². The van der Waals surface area contributed by atoms with Gasteiger partial charge in [-0.15, -0.1) is 23.2 Å². The van der Waals surface area contributed by atoms with Gasteiger partial charge in [0.05, 0.1) is 0 Å². The molecule has 0 aromatic carbocycles. The van der Waals surface area contributed by atoms with Crippen LogP contribution in [-0.2, 0) is 19.0 Å². The predicted octanol–water partition coefficient (Wildman–Crippen LogP) is 2.06. The number of esters is 1. The van der Waals surface area contributed by atoms with Crippen molar-refractivity contribution in [1.82, 2.24) is 0 Å². The van der Waals surface area contributed by atoms with Crippen LogP contribution in [0.4, 0.5) is 0 Å². The molecule has 0 saturated heterocycles. The van der Waals surface area contributed by atoms with Crippen molar-refractivity contribution in [3.8, 4) is 0 Å². The number of carbonyl (C=O) groups excluding carboxylic acids is 1. The molecule has 4 nitrogen and oxygen atoms in total. The molecule has 0 N–H and O–H groups in total. The number of rotatable bonds is 3. The van der Waals surface area contributed by atoms with Gasteiger partial charge in [-0.2, -0.15) is 0 Å². The number of hydrogen-bond acceptors (Lipinski definition) is 4. The van der Waals surface area contributed by atoms with Gasteiger partial charge in [0.2, 0.25) is 5.79 Å². The number of alkyl halides is 2. The van der Waals surface area contributed by atoms with E-state index in [1.54, 1.807) is 0 Å². The second-order valence-electron chi connectivity index (χ2n) is 4.65. The van der Waals surface area contributed by atoms with Crippen molar-refractivity contribution in [3.63, 3.8) is 0 Å². The molecule has 0 aromatic heterocycles. The van der Waals surface area contributed by atoms with Gasteiger partial charge in [-0.25, -0.2) is 0 Å². The van der Waals surface area contributed by atoms with E-state index < -0.39 is 21.6 Å². The number of ether oxygens (including phenoxy) is 3. The fourth-order valence-electron chi connectivity index (χ4n) is 3.27. The first-order chi connectivity index (χ1) is 7.85. The Morgan fingerprint density at radius 2 is 1.82 bits per heavy atom. The van der Waals surface area contributed by atoms with E-state index in [0.717, 1.165) is 0 Å². The highest BCUT2D eigenvalue weighted by Crippen LogP contribution is 2.66. The SMILES string of the molecule is COC1(OC)[C@@]2(Cl)CC[C@@]1(Cl)[C@H](OC(C)=O)C2. The van der Waals surface area contributed by atoms with Crippen LogP contribution in [0.5, 0.6) is 0 Å². The first-order valence-corrected chi connectivity index (χ1v) is 6.26. The van der Waals surface area contributed by atoms with Crippen molar-refractivity contribution in [3.05, 3.63) is 0 Å². The molecule has 0 amide bonds. The first kappa shape index (κ1) is 13.4. The van der Waals surface area contributed by atoms with E-state index in [9.17, 15) is 4.79 Å². The molecule has 3 atom stereocenters. The molecule has 2 bridgehead atoms. The molecule has 0 radical (unpaired) electrons. The average Bonchev–Trinajstić information content (AvgIpc) is 2.57. The fourth-order valence-corrected chi connectivity index (χ4v) is 4.43. The van der Waals surface area contributed by atoms with Gasteiger partial charge in [0.15, 0.2) is 0 Å². The Labute approximate surface area is 110 Å². The zero-order valence-electron chi connectivity index (χ0n) is 10.1. The van der Waals surface area contributed by atoms with Gasteiger partial charge >= 0.3 is 5.97 Å². The molecule has 0 aromatic rings. The first-order valence-electron chi connectivity index (χ1n) is 5.50. The lowest BCUT2D eigenvalue weighted by atomic mass is 9.96. The summed E-state index contributed by atoms with van der Waals surface area (Å²) in [5.74, 6) is -1.48. The molecule has 0 aliphatic heterocycles. The van der Waals surface area contributed by atoms with E-state index in [-0.39, 0.29) is 5.97 Å². The molecule has 2 aliphatic carbocycles. The highest BCUT2D eigenvalue weighted by molar-refractivity contribution is 6.31. The highest BCUT2D eigenvalue weighted by atomic mass is 35.5. The quantitative estimate of drug-likeness (QED) is 0.452. The van der Waals surface area contributed by atoms with Gasteiger partial charge in [-0.1, -0.05) is 0 Å². The molecular weight excluding hydrogens is 267 g/mol. The van der Waals surface area contributed by atoms with E-state index in [1.165, 1.54) is 21.1 Å². The summed E-state index contributed by atoms with van der Waals surface area (Å²) in [7, 11) is 3.03. The summed E-state index contributed by atoms with van der Waals surface area (Å²) in [5.41, 5.74) is 0. The van der Waals surface area contributed by atoms with Crippen LogP contribution >= 0.6 is 23.2 Å². The Bertz CT molecular complexity index is 344. The van der Waals surface area contributed by atoms with Gasteiger partial charge in [-0.3, -0.25) is 4.79 Å². The normalized spacial score (nSPS) is 42.8. The molecule has 2 aliphatic rings.